The standard InChI is InChI=1S/C7H8O4/c1-5(2)11-7(10)4-3-6(8)9/h5H,1-2H3,(H,8,9). The number of hydrogen-bond acceptors (Lipinski definition) is 3. The first-order valence-corrected chi connectivity index (χ1v) is 2.98. The normalized spacial score (nSPS) is 8.27. The molecule has 11 heavy (non-hydrogen) atoms. The van der Waals surface area contributed by atoms with Crippen LogP contribution in [0.3, 0.4) is 0 Å². The molecule has 60 valence electrons. The number of carboxylic acids is 1. The van der Waals surface area contributed by atoms with Gasteiger partial charge in [0, 0.05) is 11.8 Å². The van der Waals surface area contributed by atoms with Gasteiger partial charge in [-0.05, 0) is 13.8 Å². The molecule has 0 fully saturated rings. The molecule has 0 saturated heterocycles. The topological polar surface area (TPSA) is 63.6 Å². The molecule has 0 bridgehead atoms. The Bertz CT molecular complexity index is 218. The summed E-state index contributed by atoms with van der Waals surface area (Å²) in [6.07, 6.45) is -0.273. The van der Waals surface area contributed by atoms with E-state index in [2.05, 4.69) is 4.74 Å². The summed E-state index contributed by atoms with van der Waals surface area (Å²) in [6.45, 7) is 3.31. The molecule has 4 nitrogen and oxygen atoms in total. The van der Waals surface area contributed by atoms with Crippen molar-refractivity contribution in [3.8, 4) is 11.8 Å². The molecule has 0 aliphatic rings. The highest BCUT2D eigenvalue weighted by molar-refractivity contribution is 5.97. The molecule has 1 N–H and O–H groups in total. The number of carbonyl (C=O) groups is 2. The first-order chi connectivity index (χ1) is 5.02. The first kappa shape index (κ1) is 9.50. The second-order valence-corrected chi connectivity index (χ2v) is 2.01. The van der Waals surface area contributed by atoms with Crippen LogP contribution < -0.4 is 0 Å². The summed E-state index contributed by atoms with van der Waals surface area (Å²) in [5.41, 5.74) is 0. The number of esters is 1. The zero-order valence-corrected chi connectivity index (χ0v) is 6.25. The molecule has 0 aliphatic carbocycles. The lowest BCUT2D eigenvalue weighted by molar-refractivity contribution is -0.140. The molecule has 0 heterocycles. The molecule has 0 amide bonds. The number of carboxylic acid groups (broad SMARTS) is 1. The average molecular weight is 156 g/mol. The second-order valence-electron chi connectivity index (χ2n) is 2.01. The fraction of sp³-hybridized carbons (Fsp3) is 0.429. The van der Waals surface area contributed by atoms with Crippen LogP contribution in [0.25, 0.3) is 0 Å². The van der Waals surface area contributed by atoms with Gasteiger partial charge in [0.2, 0.25) is 0 Å². The van der Waals surface area contributed by atoms with Crippen LogP contribution in [-0.4, -0.2) is 23.1 Å². The van der Waals surface area contributed by atoms with Crippen molar-refractivity contribution in [3.05, 3.63) is 0 Å². The molecular formula is C7H8O4. The van der Waals surface area contributed by atoms with E-state index in [1.807, 2.05) is 0 Å². The second kappa shape index (κ2) is 4.34. The third kappa shape index (κ3) is 6.38. The summed E-state index contributed by atoms with van der Waals surface area (Å²) in [5, 5.41) is 8.02. The molecule has 4 heteroatoms. The van der Waals surface area contributed by atoms with Crippen LogP contribution in [-0.2, 0) is 14.3 Å². The first-order valence-electron chi connectivity index (χ1n) is 2.98. The molecule has 0 spiro atoms. The van der Waals surface area contributed by atoms with Crippen LogP contribution >= 0.6 is 0 Å². The lowest BCUT2D eigenvalue weighted by Crippen LogP contribution is -2.09. The molecule has 0 saturated carbocycles. The van der Waals surface area contributed by atoms with Crippen molar-refractivity contribution in [2.75, 3.05) is 0 Å². The van der Waals surface area contributed by atoms with Crippen molar-refractivity contribution in [2.24, 2.45) is 0 Å². The average Bonchev–Trinajstić information content (AvgIpc) is 1.82. The van der Waals surface area contributed by atoms with E-state index in [0.717, 1.165) is 0 Å². The van der Waals surface area contributed by atoms with Gasteiger partial charge in [0.1, 0.15) is 0 Å². The van der Waals surface area contributed by atoms with Crippen molar-refractivity contribution in [3.63, 3.8) is 0 Å². The number of carbonyl (C=O) groups excluding carboxylic acids is 1. The molecule has 0 aromatic carbocycles. The fourth-order valence-corrected chi connectivity index (χ4v) is 0.348. The fourth-order valence-electron chi connectivity index (χ4n) is 0.348. The third-order valence-electron chi connectivity index (χ3n) is 0.614. The Hall–Kier alpha value is -1.50. The summed E-state index contributed by atoms with van der Waals surface area (Å²) in [4.78, 5) is 20.3. The Labute approximate surface area is 64.2 Å². The van der Waals surface area contributed by atoms with Crippen molar-refractivity contribution in [1.29, 1.82) is 0 Å². The summed E-state index contributed by atoms with van der Waals surface area (Å²) < 4.78 is 4.52. The van der Waals surface area contributed by atoms with E-state index >= 15 is 0 Å². The van der Waals surface area contributed by atoms with Gasteiger partial charge in [-0.2, -0.15) is 0 Å². The minimum Gasteiger partial charge on any atom is -0.472 e. The molecule has 0 aromatic heterocycles. The number of ether oxygens (including phenoxy) is 1. The maximum absolute atomic E-state index is 10.5. The summed E-state index contributed by atoms with van der Waals surface area (Å²) >= 11 is 0. The van der Waals surface area contributed by atoms with E-state index in [-0.39, 0.29) is 6.10 Å². The van der Waals surface area contributed by atoms with Gasteiger partial charge in [-0.25, -0.2) is 9.59 Å². The Balaban J connectivity index is 3.91. The maximum atomic E-state index is 10.5. The van der Waals surface area contributed by atoms with Gasteiger partial charge in [-0.3, -0.25) is 0 Å². The number of rotatable bonds is 1. The van der Waals surface area contributed by atoms with E-state index in [1.54, 1.807) is 25.7 Å². The van der Waals surface area contributed by atoms with Crippen molar-refractivity contribution in [2.45, 2.75) is 20.0 Å². The summed E-state index contributed by atoms with van der Waals surface area (Å²) in [7, 11) is 0. The molecule has 0 aromatic rings. The lowest BCUT2D eigenvalue weighted by Gasteiger charge is -2.01. The molecule has 0 aliphatic heterocycles. The van der Waals surface area contributed by atoms with E-state index in [9.17, 15) is 9.59 Å². The smallest absolute Gasteiger partial charge is 0.385 e. The summed E-state index contributed by atoms with van der Waals surface area (Å²) in [6, 6.07) is 0. The van der Waals surface area contributed by atoms with E-state index in [1.165, 1.54) is 0 Å². The Morgan fingerprint density at radius 1 is 1.36 bits per heavy atom. The van der Waals surface area contributed by atoms with Crippen molar-refractivity contribution in [1.82, 2.24) is 0 Å². The highest BCUT2D eigenvalue weighted by Crippen LogP contribution is 1.86. The third-order valence-corrected chi connectivity index (χ3v) is 0.614. The SMILES string of the molecule is CC(C)OC(=O)C#CC(=O)O. The minimum absolute atomic E-state index is 0.273. The van der Waals surface area contributed by atoms with Crippen molar-refractivity contribution < 1.29 is 19.4 Å². The molecule has 0 unspecified atom stereocenters. The highest BCUT2D eigenvalue weighted by Gasteiger charge is 1.99. The van der Waals surface area contributed by atoms with Gasteiger partial charge in [-0.15, -0.1) is 0 Å². The largest absolute Gasteiger partial charge is 0.472 e. The van der Waals surface area contributed by atoms with E-state index < -0.39 is 11.9 Å². The van der Waals surface area contributed by atoms with Crippen LogP contribution in [0.5, 0.6) is 0 Å². The Morgan fingerprint density at radius 3 is 2.27 bits per heavy atom. The van der Waals surface area contributed by atoms with Crippen LogP contribution in [0.4, 0.5) is 0 Å². The van der Waals surface area contributed by atoms with Crippen molar-refractivity contribution >= 4 is 11.9 Å². The summed E-state index contributed by atoms with van der Waals surface area (Å²) in [5.74, 6) is 1.29. The van der Waals surface area contributed by atoms with Crippen LogP contribution in [0, 0.1) is 11.8 Å². The van der Waals surface area contributed by atoms with E-state index in [0.29, 0.717) is 0 Å². The quantitative estimate of drug-likeness (QED) is 0.330. The van der Waals surface area contributed by atoms with Gasteiger partial charge in [0.25, 0.3) is 0 Å². The highest BCUT2D eigenvalue weighted by atomic mass is 16.5. The molecule has 0 radical (unpaired) electrons. The number of aliphatic carboxylic acids is 1. The van der Waals surface area contributed by atoms with Gasteiger partial charge in [0.15, 0.2) is 0 Å². The van der Waals surface area contributed by atoms with Crippen LogP contribution in [0.2, 0.25) is 0 Å². The molecular weight excluding hydrogens is 148 g/mol. The zero-order valence-electron chi connectivity index (χ0n) is 6.25. The predicted octanol–water partition coefficient (Wildman–Crippen LogP) is 0.0260. The maximum Gasteiger partial charge on any atom is 0.385 e. The predicted molar refractivity (Wildman–Crippen MR) is 36.6 cm³/mol. The molecule has 0 atom stereocenters. The van der Waals surface area contributed by atoms with Gasteiger partial charge in [0.05, 0.1) is 6.10 Å². The Kier molecular flexibility index (Phi) is 3.75. The monoisotopic (exact) mass is 156 g/mol. The Morgan fingerprint density at radius 2 is 1.91 bits per heavy atom. The van der Waals surface area contributed by atoms with Gasteiger partial charge < -0.3 is 9.84 Å². The van der Waals surface area contributed by atoms with Gasteiger partial charge in [-0.1, -0.05) is 0 Å². The molecule has 0 rings (SSSR count). The van der Waals surface area contributed by atoms with Crippen LogP contribution in [0.15, 0.2) is 0 Å². The lowest BCUT2D eigenvalue weighted by atomic mass is 10.5. The minimum atomic E-state index is -1.34. The van der Waals surface area contributed by atoms with E-state index in [4.69, 9.17) is 5.11 Å². The number of hydrogen-bond donors (Lipinski definition) is 1. The van der Waals surface area contributed by atoms with Gasteiger partial charge >= 0.3 is 11.9 Å². The zero-order chi connectivity index (χ0) is 8.85. The van der Waals surface area contributed by atoms with Crippen LogP contribution in [0.1, 0.15) is 13.8 Å².